The molecule has 3 heteroatoms. The van der Waals surface area contributed by atoms with Crippen molar-refractivity contribution in [2.24, 2.45) is 0 Å². The molecule has 0 amide bonds. The van der Waals surface area contributed by atoms with E-state index in [1.54, 1.807) is 24.3 Å². The van der Waals surface area contributed by atoms with Gasteiger partial charge in [0.25, 0.3) is 0 Å². The van der Waals surface area contributed by atoms with Crippen LogP contribution in [-0.4, -0.2) is 18.1 Å². The third-order valence-electron chi connectivity index (χ3n) is 4.60. The number of Topliss-reactive ketones (excluding diaryl/α,β-unsaturated/α-hetero) is 1. The molecular formula is C21H17NO2. The minimum absolute atomic E-state index is 0.106. The maximum Gasteiger partial charge on any atom is 0.209 e. The lowest BCUT2D eigenvalue weighted by atomic mass is 9.92. The van der Waals surface area contributed by atoms with Crippen molar-refractivity contribution in [3.05, 3.63) is 88.6 Å². The number of fused-ring (bicyclic) bond motifs is 2. The Bertz CT molecular complexity index is 906. The molecule has 0 unspecified atom stereocenters. The van der Waals surface area contributed by atoms with Gasteiger partial charge in [-0.05, 0) is 29.5 Å². The lowest BCUT2D eigenvalue weighted by Gasteiger charge is -2.16. The molecule has 0 spiro atoms. The minimum Gasteiger partial charge on any atom is -0.381 e. The SMILES string of the molecule is O=C1C=C(NCCC2=CCc3ccccc32)C(=O)c2ccccc21. The monoisotopic (exact) mass is 315 g/mol. The second-order valence-electron chi connectivity index (χ2n) is 6.06. The van der Waals surface area contributed by atoms with Crippen LogP contribution in [0.25, 0.3) is 5.57 Å². The molecule has 2 aliphatic carbocycles. The average molecular weight is 315 g/mol. The number of carbonyl (C=O) groups excluding carboxylic acids is 2. The van der Waals surface area contributed by atoms with Gasteiger partial charge in [0.1, 0.15) is 0 Å². The zero-order chi connectivity index (χ0) is 16.5. The largest absolute Gasteiger partial charge is 0.381 e. The van der Waals surface area contributed by atoms with E-state index in [0.717, 1.165) is 12.8 Å². The van der Waals surface area contributed by atoms with E-state index in [0.29, 0.717) is 23.4 Å². The first-order chi connectivity index (χ1) is 11.7. The van der Waals surface area contributed by atoms with Crippen LogP contribution in [0, 0.1) is 0 Å². The summed E-state index contributed by atoms with van der Waals surface area (Å²) in [7, 11) is 0. The van der Waals surface area contributed by atoms with E-state index in [1.165, 1.54) is 22.8 Å². The Balaban J connectivity index is 1.44. The van der Waals surface area contributed by atoms with E-state index in [9.17, 15) is 9.59 Å². The predicted octanol–water partition coefficient (Wildman–Crippen LogP) is 3.57. The summed E-state index contributed by atoms with van der Waals surface area (Å²) in [6, 6.07) is 15.4. The third kappa shape index (κ3) is 2.48. The molecule has 2 aromatic rings. The Morgan fingerprint density at radius 3 is 2.42 bits per heavy atom. The maximum atomic E-state index is 12.5. The maximum absolute atomic E-state index is 12.5. The highest BCUT2D eigenvalue weighted by Crippen LogP contribution is 2.29. The van der Waals surface area contributed by atoms with Crippen molar-refractivity contribution in [3.8, 4) is 0 Å². The van der Waals surface area contributed by atoms with Crippen LogP contribution in [0.15, 0.2) is 66.4 Å². The van der Waals surface area contributed by atoms with Gasteiger partial charge in [-0.3, -0.25) is 9.59 Å². The number of allylic oxidation sites excluding steroid dienone is 3. The highest BCUT2D eigenvalue weighted by atomic mass is 16.1. The second kappa shape index (κ2) is 5.93. The van der Waals surface area contributed by atoms with Crippen LogP contribution in [0.2, 0.25) is 0 Å². The lowest BCUT2D eigenvalue weighted by molar-refractivity contribution is 0.0978. The van der Waals surface area contributed by atoms with Crippen molar-refractivity contribution in [1.82, 2.24) is 5.32 Å². The van der Waals surface area contributed by atoms with Gasteiger partial charge in [-0.1, -0.05) is 54.6 Å². The molecule has 0 saturated heterocycles. The smallest absolute Gasteiger partial charge is 0.209 e. The fraction of sp³-hybridized carbons (Fsp3) is 0.143. The van der Waals surface area contributed by atoms with Crippen LogP contribution in [-0.2, 0) is 6.42 Å². The fourth-order valence-electron chi connectivity index (χ4n) is 3.37. The van der Waals surface area contributed by atoms with Gasteiger partial charge in [-0.2, -0.15) is 0 Å². The quantitative estimate of drug-likeness (QED) is 0.938. The van der Waals surface area contributed by atoms with E-state index in [2.05, 4.69) is 29.6 Å². The van der Waals surface area contributed by atoms with Gasteiger partial charge in [0.05, 0.1) is 5.70 Å². The van der Waals surface area contributed by atoms with Crippen LogP contribution in [0.1, 0.15) is 38.3 Å². The number of nitrogens with one attached hydrogen (secondary N) is 1. The topological polar surface area (TPSA) is 46.2 Å². The van der Waals surface area contributed by atoms with Gasteiger partial charge in [0.2, 0.25) is 5.78 Å². The van der Waals surface area contributed by atoms with Crippen molar-refractivity contribution in [1.29, 1.82) is 0 Å². The number of benzene rings is 2. The molecule has 118 valence electrons. The normalized spacial score (nSPS) is 15.5. The standard InChI is InChI=1S/C21H17NO2/c23-20-13-19(21(24)18-8-4-3-7-17(18)20)22-12-11-15-10-9-14-5-1-2-6-16(14)15/h1-8,10,13,22H,9,11-12H2. The summed E-state index contributed by atoms with van der Waals surface area (Å²) in [6.45, 7) is 0.632. The number of hydrogen-bond acceptors (Lipinski definition) is 3. The molecule has 2 aromatic carbocycles. The van der Waals surface area contributed by atoms with E-state index in [4.69, 9.17) is 0 Å². The molecule has 0 heterocycles. The second-order valence-corrected chi connectivity index (χ2v) is 6.06. The first kappa shape index (κ1) is 14.6. The Kier molecular flexibility index (Phi) is 3.62. The minimum atomic E-state index is -0.113. The van der Waals surface area contributed by atoms with Crippen molar-refractivity contribution in [2.75, 3.05) is 6.54 Å². The van der Waals surface area contributed by atoms with Crippen molar-refractivity contribution >= 4 is 17.1 Å². The Morgan fingerprint density at radius 2 is 1.58 bits per heavy atom. The molecule has 0 bridgehead atoms. The summed E-state index contributed by atoms with van der Waals surface area (Å²) < 4.78 is 0. The Hall–Kier alpha value is -2.94. The molecule has 0 aliphatic heterocycles. The zero-order valence-corrected chi connectivity index (χ0v) is 13.2. The first-order valence-corrected chi connectivity index (χ1v) is 8.15. The average Bonchev–Trinajstić information content (AvgIpc) is 3.03. The molecule has 2 aliphatic rings. The summed E-state index contributed by atoms with van der Waals surface area (Å²) in [5.74, 6) is -0.218. The zero-order valence-electron chi connectivity index (χ0n) is 13.2. The van der Waals surface area contributed by atoms with Crippen LogP contribution in [0.5, 0.6) is 0 Å². The van der Waals surface area contributed by atoms with Crippen molar-refractivity contribution < 1.29 is 9.59 Å². The molecular weight excluding hydrogens is 298 g/mol. The van der Waals surface area contributed by atoms with Gasteiger partial charge in [-0.15, -0.1) is 0 Å². The number of rotatable bonds is 4. The Labute approximate surface area is 140 Å². The van der Waals surface area contributed by atoms with Crippen LogP contribution in [0.3, 0.4) is 0 Å². The van der Waals surface area contributed by atoms with Gasteiger partial charge in [-0.25, -0.2) is 0 Å². The van der Waals surface area contributed by atoms with E-state index in [1.807, 2.05) is 6.07 Å². The van der Waals surface area contributed by atoms with Gasteiger partial charge in [0.15, 0.2) is 5.78 Å². The first-order valence-electron chi connectivity index (χ1n) is 8.15. The van der Waals surface area contributed by atoms with E-state index in [-0.39, 0.29) is 11.6 Å². The van der Waals surface area contributed by atoms with Crippen molar-refractivity contribution in [2.45, 2.75) is 12.8 Å². The van der Waals surface area contributed by atoms with E-state index >= 15 is 0 Å². The highest BCUT2D eigenvalue weighted by molar-refractivity contribution is 6.24. The molecule has 0 fully saturated rings. The molecule has 0 saturated carbocycles. The van der Waals surface area contributed by atoms with Gasteiger partial charge < -0.3 is 5.32 Å². The molecule has 0 aromatic heterocycles. The predicted molar refractivity (Wildman–Crippen MR) is 93.9 cm³/mol. The summed E-state index contributed by atoms with van der Waals surface area (Å²) in [5.41, 5.74) is 5.31. The molecule has 0 radical (unpaired) electrons. The van der Waals surface area contributed by atoms with E-state index < -0.39 is 0 Å². The van der Waals surface area contributed by atoms with Crippen molar-refractivity contribution in [3.63, 3.8) is 0 Å². The lowest BCUT2D eigenvalue weighted by Crippen LogP contribution is -2.27. The van der Waals surface area contributed by atoms with Crippen LogP contribution < -0.4 is 5.32 Å². The number of hydrogen-bond donors (Lipinski definition) is 1. The fourth-order valence-corrected chi connectivity index (χ4v) is 3.37. The summed E-state index contributed by atoms with van der Waals surface area (Å²) in [6.07, 6.45) is 5.46. The summed E-state index contributed by atoms with van der Waals surface area (Å²) >= 11 is 0. The van der Waals surface area contributed by atoms with Crippen LogP contribution in [0.4, 0.5) is 0 Å². The van der Waals surface area contributed by atoms with Gasteiger partial charge >= 0.3 is 0 Å². The number of ketones is 2. The molecule has 3 nitrogen and oxygen atoms in total. The van der Waals surface area contributed by atoms with Crippen LogP contribution >= 0.6 is 0 Å². The molecule has 0 atom stereocenters. The van der Waals surface area contributed by atoms with Gasteiger partial charge in [0, 0.05) is 23.7 Å². The molecule has 4 rings (SSSR count). The highest BCUT2D eigenvalue weighted by Gasteiger charge is 2.24. The molecule has 24 heavy (non-hydrogen) atoms. The summed E-state index contributed by atoms with van der Waals surface area (Å²) in [5, 5.41) is 3.15. The summed E-state index contributed by atoms with van der Waals surface area (Å²) in [4.78, 5) is 24.6. The Morgan fingerprint density at radius 1 is 0.875 bits per heavy atom. The third-order valence-corrected chi connectivity index (χ3v) is 4.60. The number of carbonyl (C=O) groups is 2. The molecule has 1 N–H and O–H groups in total.